The first kappa shape index (κ1) is 16.7. The van der Waals surface area contributed by atoms with Crippen molar-refractivity contribution < 1.29 is 9.18 Å². The highest BCUT2D eigenvalue weighted by Gasteiger charge is 2.34. The Bertz CT molecular complexity index is 983. The van der Waals surface area contributed by atoms with E-state index in [4.69, 9.17) is 0 Å². The molecule has 0 spiro atoms. The number of benzene rings is 2. The topological polar surface area (TPSA) is 45.6 Å². The Hall–Kier alpha value is -2.77. The Morgan fingerprint density at radius 1 is 1.08 bits per heavy atom. The summed E-state index contributed by atoms with van der Waals surface area (Å²) < 4.78 is 13.1. The average molecular weight is 381 g/mol. The van der Waals surface area contributed by atoms with Crippen molar-refractivity contribution >= 4 is 51.1 Å². The van der Waals surface area contributed by atoms with Gasteiger partial charge in [0.2, 0.25) is 5.13 Å². The standard InChI is InChI=1S/C19H12FN3OS2/c20-14-8-6-13(7-9-14)12-16-17(24)23(15-4-2-1-3-5-15)19(26-16)22-18-21-10-11-25-18/h1-12H/b16-12-,22-19+. The van der Waals surface area contributed by atoms with E-state index >= 15 is 0 Å². The summed E-state index contributed by atoms with van der Waals surface area (Å²) >= 11 is 2.68. The monoisotopic (exact) mass is 381 g/mol. The fraction of sp³-hybridized carbons (Fsp3) is 0. The van der Waals surface area contributed by atoms with Gasteiger partial charge in [0.1, 0.15) is 5.82 Å². The molecule has 1 fully saturated rings. The first-order valence-electron chi connectivity index (χ1n) is 7.73. The van der Waals surface area contributed by atoms with E-state index in [-0.39, 0.29) is 11.7 Å². The third kappa shape index (κ3) is 3.44. The smallest absolute Gasteiger partial charge is 0.268 e. The average Bonchev–Trinajstić information content (AvgIpc) is 3.27. The number of nitrogens with zero attached hydrogens (tertiary/aromatic N) is 3. The lowest BCUT2D eigenvalue weighted by Crippen LogP contribution is -2.28. The summed E-state index contributed by atoms with van der Waals surface area (Å²) in [5.74, 6) is -0.477. The van der Waals surface area contributed by atoms with Crippen LogP contribution in [0, 0.1) is 5.82 Å². The molecule has 1 aromatic heterocycles. The molecule has 4 nitrogen and oxygen atoms in total. The summed E-state index contributed by atoms with van der Waals surface area (Å²) in [4.78, 5) is 23.8. The number of halogens is 1. The number of rotatable bonds is 3. The fourth-order valence-electron chi connectivity index (χ4n) is 2.42. The largest absolute Gasteiger partial charge is 0.271 e. The zero-order chi connectivity index (χ0) is 17.9. The van der Waals surface area contributed by atoms with Crippen LogP contribution in [0.1, 0.15) is 5.56 Å². The van der Waals surface area contributed by atoms with E-state index < -0.39 is 0 Å². The second kappa shape index (κ2) is 7.23. The van der Waals surface area contributed by atoms with Gasteiger partial charge in [-0.25, -0.2) is 9.37 Å². The van der Waals surface area contributed by atoms with E-state index in [1.165, 1.54) is 35.2 Å². The van der Waals surface area contributed by atoms with Gasteiger partial charge in [0.05, 0.1) is 10.6 Å². The Morgan fingerprint density at radius 2 is 1.85 bits per heavy atom. The number of hydrogen-bond donors (Lipinski definition) is 0. The van der Waals surface area contributed by atoms with E-state index in [1.807, 2.05) is 35.7 Å². The summed E-state index contributed by atoms with van der Waals surface area (Å²) in [5.41, 5.74) is 1.49. The van der Waals surface area contributed by atoms with Crippen molar-refractivity contribution in [2.75, 3.05) is 4.90 Å². The molecule has 1 saturated heterocycles. The number of anilines is 1. The number of para-hydroxylation sites is 1. The number of thioether (sulfide) groups is 1. The highest BCUT2D eigenvalue weighted by Crippen LogP contribution is 2.37. The van der Waals surface area contributed by atoms with Gasteiger partial charge in [-0.1, -0.05) is 30.3 Å². The third-order valence-electron chi connectivity index (χ3n) is 3.60. The van der Waals surface area contributed by atoms with Gasteiger partial charge in [-0.3, -0.25) is 9.69 Å². The number of aliphatic imine (C=N–C) groups is 1. The molecule has 0 unspecified atom stereocenters. The Labute approximate surface area is 157 Å². The van der Waals surface area contributed by atoms with Crippen LogP contribution in [0.3, 0.4) is 0 Å². The molecular weight excluding hydrogens is 369 g/mol. The van der Waals surface area contributed by atoms with Gasteiger partial charge in [-0.2, -0.15) is 4.99 Å². The minimum absolute atomic E-state index is 0.166. The van der Waals surface area contributed by atoms with E-state index in [1.54, 1.807) is 29.3 Å². The molecule has 1 aliphatic rings. The van der Waals surface area contributed by atoms with Crippen LogP contribution in [-0.4, -0.2) is 16.1 Å². The van der Waals surface area contributed by atoms with Crippen molar-refractivity contribution in [2.45, 2.75) is 0 Å². The first-order chi connectivity index (χ1) is 12.7. The van der Waals surface area contributed by atoms with Gasteiger partial charge in [-0.05, 0) is 47.7 Å². The Morgan fingerprint density at radius 3 is 2.54 bits per heavy atom. The maximum atomic E-state index is 13.1. The molecule has 26 heavy (non-hydrogen) atoms. The summed E-state index contributed by atoms with van der Waals surface area (Å²) in [6.45, 7) is 0. The number of amides is 1. The number of hydrogen-bond acceptors (Lipinski definition) is 5. The molecule has 0 aliphatic carbocycles. The molecule has 2 heterocycles. The molecule has 128 valence electrons. The van der Waals surface area contributed by atoms with E-state index in [0.717, 1.165) is 11.3 Å². The maximum Gasteiger partial charge on any atom is 0.271 e. The predicted molar refractivity (Wildman–Crippen MR) is 105 cm³/mol. The predicted octanol–water partition coefficient (Wildman–Crippen LogP) is 5.09. The second-order valence-electron chi connectivity index (χ2n) is 5.35. The lowest BCUT2D eigenvalue weighted by atomic mass is 10.2. The number of thiazole rings is 1. The zero-order valence-electron chi connectivity index (χ0n) is 13.4. The van der Waals surface area contributed by atoms with Crippen LogP contribution in [0.25, 0.3) is 6.08 Å². The van der Waals surface area contributed by atoms with Gasteiger partial charge in [0.25, 0.3) is 5.91 Å². The minimum Gasteiger partial charge on any atom is -0.268 e. The minimum atomic E-state index is -0.311. The lowest BCUT2D eigenvalue weighted by molar-refractivity contribution is -0.113. The van der Waals surface area contributed by atoms with Crippen LogP contribution < -0.4 is 4.90 Å². The summed E-state index contributed by atoms with van der Waals surface area (Å²) in [6.07, 6.45) is 3.42. The highest BCUT2D eigenvalue weighted by molar-refractivity contribution is 8.19. The van der Waals surface area contributed by atoms with Crippen LogP contribution in [-0.2, 0) is 4.79 Å². The van der Waals surface area contributed by atoms with Gasteiger partial charge < -0.3 is 0 Å². The molecule has 0 radical (unpaired) electrons. The quantitative estimate of drug-likeness (QED) is 0.594. The molecular formula is C19H12FN3OS2. The fourth-order valence-corrected chi connectivity index (χ4v) is 3.96. The zero-order valence-corrected chi connectivity index (χ0v) is 15.0. The van der Waals surface area contributed by atoms with E-state index in [2.05, 4.69) is 9.98 Å². The molecule has 1 amide bonds. The normalized spacial score (nSPS) is 17.4. The van der Waals surface area contributed by atoms with Crippen molar-refractivity contribution in [3.05, 3.63) is 82.5 Å². The summed E-state index contributed by atoms with van der Waals surface area (Å²) in [5, 5.41) is 2.97. The molecule has 0 saturated carbocycles. The SMILES string of the molecule is O=C1/C(=C/c2ccc(F)cc2)S/C(=N/c2nccs2)N1c1ccccc1. The van der Waals surface area contributed by atoms with Crippen LogP contribution >= 0.6 is 23.1 Å². The molecule has 0 N–H and O–H groups in total. The van der Waals surface area contributed by atoms with Crippen LogP contribution in [0.2, 0.25) is 0 Å². The molecule has 0 bridgehead atoms. The van der Waals surface area contributed by atoms with E-state index in [9.17, 15) is 9.18 Å². The molecule has 2 aromatic carbocycles. The van der Waals surface area contributed by atoms with Crippen LogP contribution in [0.4, 0.5) is 15.2 Å². The molecule has 1 aliphatic heterocycles. The number of aromatic nitrogens is 1. The first-order valence-corrected chi connectivity index (χ1v) is 9.43. The number of amidine groups is 1. The lowest BCUT2D eigenvalue weighted by Gasteiger charge is -2.14. The summed E-state index contributed by atoms with van der Waals surface area (Å²) in [6, 6.07) is 15.4. The van der Waals surface area contributed by atoms with Crippen molar-refractivity contribution in [1.82, 2.24) is 4.98 Å². The van der Waals surface area contributed by atoms with Crippen LogP contribution in [0.15, 0.2) is 76.1 Å². The van der Waals surface area contributed by atoms with Crippen molar-refractivity contribution in [2.24, 2.45) is 4.99 Å². The number of carbonyl (C=O) groups is 1. The van der Waals surface area contributed by atoms with Crippen molar-refractivity contribution in [3.63, 3.8) is 0 Å². The summed E-state index contributed by atoms with van der Waals surface area (Å²) in [7, 11) is 0. The second-order valence-corrected chi connectivity index (χ2v) is 7.23. The maximum absolute atomic E-state index is 13.1. The molecule has 4 rings (SSSR count). The van der Waals surface area contributed by atoms with E-state index in [0.29, 0.717) is 15.2 Å². The van der Waals surface area contributed by atoms with Gasteiger partial charge in [-0.15, -0.1) is 11.3 Å². The highest BCUT2D eigenvalue weighted by atomic mass is 32.2. The molecule has 3 aromatic rings. The Balaban J connectivity index is 1.75. The third-order valence-corrected chi connectivity index (χ3v) is 5.23. The van der Waals surface area contributed by atoms with Crippen molar-refractivity contribution in [1.29, 1.82) is 0 Å². The van der Waals surface area contributed by atoms with Gasteiger partial charge in [0.15, 0.2) is 5.17 Å². The van der Waals surface area contributed by atoms with Gasteiger partial charge in [0, 0.05) is 11.6 Å². The molecule has 0 atom stereocenters. The Kier molecular flexibility index (Phi) is 4.64. The van der Waals surface area contributed by atoms with Gasteiger partial charge >= 0.3 is 0 Å². The van der Waals surface area contributed by atoms with Crippen molar-refractivity contribution in [3.8, 4) is 0 Å². The van der Waals surface area contributed by atoms with Crippen LogP contribution in [0.5, 0.6) is 0 Å². The molecule has 7 heteroatoms. The number of carbonyl (C=O) groups excluding carboxylic acids is 1.